The molecule has 314 valence electrons. The van der Waals surface area contributed by atoms with Crippen molar-refractivity contribution in [1.82, 2.24) is 0 Å². The lowest BCUT2D eigenvalue weighted by molar-refractivity contribution is 0.926. The van der Waals surface area contributed by atoms with Crippen molar-refractivity contribution in [2.75, 3.05) is 20.5 Å². The van der Waals surface area contributed by atoms with Crippen LogP contribution in [0.15, 0.2) is 273 Å². The van der Waals surface area contributed by atoms with Gasteiger partial charge < -0.3 is 4.90 Å². The number of anilines is 7. The van der Waals surface area contributed by atoms with Gasteiger partial charge in [0.15, 0.2) is 0 Å². The van der Waals surface area contributed by atoms with E-state index in [0.717, 1.165) is 61.7 Å². The van der Waals surface area contributed by atoms with Crippen LogP contribution < -0.4 is 20.5 Å². The van der Waals surface area contributed by atoms with E-state index in [2.05, 4.69) is 293 Å². The van der Waals surface area contributed by atoms with E-state index in [1.54, 1.807) is 0 Å². The third-order valence-electron chi connectivity index (χ3n) is 12.2. The fourth-order valence-electron chi connectivity index (χ4n) is 9.08. The molecule has 0 unspecified atom stereocenters. The molecule has 0 aliphatic heterocycles. The molecule has 0 spiro atoms. The van der Waals surface area contributed by atoms with Crippen molar-refractivity contribution < 1.29 is 0 Å². The van der Waals surface area contributed by atoms with Crippen LogP contribution in [0.2, 0.25) is 0 Å². The Morgan fingerprint density at radius 2 is 0.606 bits per heavy atom. The first-order valence-electron chi connectivity index (χ1n) is 22.4. The third-order valence-corrected chi connectivity index (χ3v) is 12.2. The average molecular weight is 847 g/mol. The maximum Gasteiger partial charge on any atom is 0.0896 e. The van der Waals surface area contributed by atoms with Crippen molar-refractivity contribution >= 4 is 61.4 Å². The number of hydrazine groups is 2. The van der Waals surface area contributed by atoms with Crippen molar-refractivity contribution in [1.29, 1.82) is 0 Å². The Kier molecular flexibility index (Phi) is 10.9. The summed E-state index contributed by atoms with van der Waals surface area (Å²) in [4.78, 5) is 2.29. The van der Waals surface area contributed by atoms with Gasteiger partial charge in [-0.25, -0.2) is 5.01 Å². The third kappa shape index (κ3) is 7.89. The molecule has 11 aromatic rings. The molecule has 0 bridgehead atoms. The van der Waals surface area contributed by atoms with E-state index in [-0.39, 0.29) is 0 Å². The number of rotatable bonds is 12. The molecule has 1 N–H and O–H groups in total. The molecule has 0 atom stereocenters. The molecule has 0 radical (unpaired) electrons. The van der Waals surface area contributed by atoms with Gasteiger partial charge in [0, 0.05) is 27.8 Å². The van der Waals surface area contributed by atoms with Crippen LogP contribution in [0.25, 0.3) is 54.9 Å². The van der Waals surface area contributed by atoms with Crippen LogP contribution in [0.5, 0.6) is 0 Å². The molecule has 0 saturated heterocycles. The number of para-hydroxylation sites is 3. The Morgan fingerprint density at radius 1 is 0.242 bits per heavy atom. The second kappa shape index (κ2) is 18.1. The van der Waals surface area contributed by atoms with Gasteiger partial charge in [0.25, 0.3) is 0 Å². The van der Waals surface area contributed by atoms with Crippen molar-refractivity contribution in [3.63, 3.8) is 0 Å². The lowest BCUT2D eigenvalue weighted by atomic mass is 9.97. The maximum absolute atomic E-state index is 4.01. The first-order valence-corrected chi connectivity index (χ1v) is 22.4. The Hall–Kier alpha value is -8.86. The van der Waals surface area contributed by atoms with Crippen LogP contribution in [0, 0.1) is 0 Å². The predicted molar refractivity (Wildman–Crippen MR) is 280 cm³/mol. The van der Waals surface area contributed by atoms with Crippen LogP contribution >= 0.6 is 0 Å². The molecule has 0 heterocycles. The second-order valence-corrected chi connectivity index (χ2v) is 16.3. The summed E-state index contributed by atoms with van der Waals surface area (Å²) in [5, 5.41) is 9.10. The van der Waals surface area contributed by atoms with E-state index in [0.29, 0.717) is 0 Å². The summed E-state index contributed by atoms with van der Waals surface area (Å²) in [5.41, 5.74) is 18.3. The minimum Gasteiger partial charge on any atom is -0.311 e. The van der Waals surface area contributed by atoms with Crippen LogP contribution in [0.3, 0.4) is 0 Å². The zero-order valence-electron chi connectivity index (χ0n) is 36.3. The molecule has 0 amide bonds. The zero-order chi connectivity index (χ0) is 44.1. The number of hydrogen-bond acceptors (Lipinski definition) is 4. The summed E-state index contributed by atoms with van der Waals surface area (Å²) in [5.74, 6) is 0. The molecule has 11 aromatic carbocycles. The first-order chi connectivity index (χ1) is 32.8. The SMILES string of the molecule is c1ccc(-c2ccc(NN(c3ccc(-c4ccccc4)c4ccccc34)N(c3ccccc3)c3ccc(-c4ccc(N(c5ccccc5)c5ccccc5)cc4)cc3)c3ccccc23)cc1. The number of benzene rings is 11. The van der Waals surface area contributed by atoms with Gasteiger partial charge in [-0.3, -0.25) is 5.43 Å². The highest BCUT2D eigenvalue weighted by molar-refractivity contribution is 6.07. The maximum atomic E-state index is 4.01. The average Bonchev–Trinajstić information content (AvgIpc) is 3.40. The summed E-state index contributed by atoms with van der Waals surface area (Å²) in [6.45, 7) is 0. The fraction of sp³-hybridized carbons (Fsp3) is 0. The monoisotopic (exact) mass is 846 g/mol. The van der Waals surface area contributed by atoms with Gasteiger partial charge in [-0.05, 0) is 117 Å². The van der Waals surface area contributed by atoms with Crippen LogP contribution in [-0.4, -0.2) is 0 Å². The van der Waals surface area contributed by atoms with Gasteiger partial charge in [0.2, 0.25) is 0 Å². The van der Waals surface area contributed by atoms with E-state index < -0.39 is 0 Å². The van der Waals surface area contributed by atoms with E-state index in [1.165, 1.54) is 33.0 Å². The zero-order valence-corrected chi connectivity index (χ0v) is 36.3. The Balaban J connectivity index is 1.03. The lowest BCUT2D eigenvalue weighted by Gasteiger charge is -2.39. The van der Waals surface area contributed by atoms with Crippen LogP contribution in [0.4, 0.5) is 39.8 Å². The van der Waals surface area contributed by atoms with E-state index in [4.69, 9.17) is 0 Å². The molecule has 66 heavy (non-hydrogen) atoms. The smallest absolute Gasteiger partial charge is 0.0896 e. The molecule has 4 nitrogen and oxygen atoms in total. The van der Waals surface area contributed by atoms with Gasteiger partial charge in [-0.2, -0.15) is 5.12 Å². The fourth-order valence-corrected chi connectivity index (χ4v) is 9.08. The van der Waals surface area contributed by atoms with E-state index in [9.17, 15) is 0 Å². The molecular formula is C62H46N4. The van der Waals surface area contributed by atoms with E-state index >= 15 is 0 Å². The lowest BCUT2D eigenvalue weighted by Crippen LogP contribution is -2.44. The summed E-state index contributed by atoms with van der Waals surface area (Å²) in [6, 6.07) is 97.1. The number of fused-ring (bicyclic) bond motifs is 2. The van der Waals surface area contributed by atoms with Gasteiger partial charge in [-0.15, -0.1) is 0 Å². The molecule has 0 aromatic heterocycles. The van der Waals surface area contributed by atoms with Crippen molar-refractivity contribution in [2.24, 2.45) is 0 Å². The molecule has 0 aliphatic rings. The topological polar surface area (TPSA) is 21.8 Å². The Bertz CT molecular complexity index is 3320. The van der Waals surface area contributed by atoms with Crippen molar-refractivity contribution in [3.05, 3.63) is 273 Å². The van der Waals surface area contributed by atoms with Crippen LogP contribution in [-0.2, 0) is 0 Å². The second-order valence-electron chi connectivity index (χ2n) is 16.3. The highest BCUT2D eigenvalue weighted by Gasteiger charge is 2.24. The molecule has 0 fully saturated rings. The Morgan fingerprint density at radius 3 is 1.12 bits per heavy atom. The minimum absolute atomic E-state index is 0.985. The predicted octanol–water partition coefficient (Wildman–Crippen LogP) is 17.1. The molecule has 0 aliphatic carbocycles. The van der Waals surface area contributed by atoms with Gasteiger partial charge >= 0.3 is 0 Å². The van der Waals surface area contributed by atoms with Gasteiger partial charge in [0.1, 0.15) is 0 Å². The summed E-state index contributed by atoms with van der Waals surface area (Å²) >= 11 is 0. The standard InChI is InChI=1S/C62H46N4/c1-6-20-48(21-7-1)55-42-44-61(59-32-18-16-30-57(55)59)63-66(62-45-43-56(49-22-8-2-9-23-49)58-31-17-19-33-60(58)62)65(53-28-14-5-15-29-53)54-40-36-47(37-41-54)46-34-38-52(39-35-46)64(50-24-10-3-11-25-50)51-26-12-4-13-27-51/h1-45,63H. The van der Waals surface area contributed by atoms with Crippen molar-refractivity contribution in [3.8, 4) is 33.4 Å². The summed E-state index contributed by atoms with van der Waals surface area (Å²) in [7, 11) is 0. The first kappa shape index (κ1) is 40.0. The summed E-state index contributed by atoms with van der Waals surface area (Å²) in [6.07, 6.45) is 0. The number of hydrogen-bond donors (Lipinski definition) is 1. The molecule has 11 rings (SSSR count). The molecular weight excluding hydrogens is 801 g/mol. The van der Waals surface area contributed by atoms with Crippen LogP contribution in [0.1, 0.15) is 0 Å². The highest BCUT2D eigenvalue weighted by atomic mass is 15.8. The molecule has 4 heteroatoms. The van der Waals surface area contributed by atoms with Crippen molar-refractivity contribution in [2.45, 2.75) is 0 Å². The van der Waals surface area contributed by atoms with Gasteiger partial charge in [0.05, 0.1) is 22.7 Å². The Labute approximate surface area is 386 Å². The summed E-state index contributed by atoms with van der Waals surface area (Å²) < 4.78 is 0. The number of nitrogens with one attached hydrogen (secondary N) is 1. The quantitative estimate of drug-likeness (QED) is 0.124. The van der Waals surface area contributed by atoms with Gasteiger partial charge in [-0.1, -0.05) is 200 Å². The number of nitrogens with zero attached hydrogens (tertiary/aromatic N) is 3. The normalized spacial score (nSPS) is 11.0. The molecule has 0 saturated carbocycles. The minimum atomic E-state index is 0.985. The highest BCUT2D eigenvalue weighted by Crippen LogP contribution is 2.42. The van der Waals surface area contributed by atoms with E-state index in [1.807, 2.05) is 0 Å². The largest absolute Gasteiger partial charge is 0.311 e.